The molecule has 0 fully saturated rings. The molecule has 1 atom stereocenters. The third-order valence-corrected chi connectivity index (χ3v) is 4.49. The van der Waals surface area contributed by atoms with E-state index in [0.29, 0.717) is 16.5 Å². The van der Waals surface area contributed by atoms with E-state index >= 15 is 0 Å². The Bertz CT molecular complexity index is 917. The van der Waals surface area contributed by atoms with Crippen LogP contribution in [0.5, 0.6) is 5.75 Å². The van der Waals surface area contributed by atoms with Crippen LogP contribution < -0.4 is 10.1 Å². The topological polar surface area (TPSA) is 74.0 Å². The number of amides is 1. The monoisotopic (exact) mass is 387 g/mol. The predicted octanol–water partition coefficient (Wildman–Crippen LogP) is 3.59. The lowest BCUT2D eigenvalue weighted by molar-refractivity contribution is 0.0918. The number of hydrogen-bond donors (Lipinski definition) is 1. The van der Waals surface area contributed by atoms with Gasteiger partial charge in [0.2, 0.25) is 0 Å². The Morgan fingerprint density at radius 2 is 2.04 bits per heavy atom. The molecule has 0 aliphatic carbocycles. The molecule has 1 aromatic carbocycles. The van der Waals surface area contributed by atoms with Crippen LogP contribution in [0.4, 0.5) is 0 Å². The fourth-order valence-corrected chi connectivity index (χ4v) is 2.89. The molecule has 8 heteroatoms. The van der Waals surface area contributed by atoms with Crippen molar-refractivity contribution in [3.8, 4) is 5.75 Å². The summed E-state index contributed by atoms with van der Waals surface area (Å²) in [6, 6.07) is 8.51. The van der Waals surface area contributed by atoms with Gasteiger partial charge >= 0.3 is 0 Å². The van der Waals surface area contributed by atoms with Crippen LogP contribution in [0.1, 0.15) is 41.6 Å². The minimum absolute atomic E-state index is 0.124. The van der Waals surface area contributed by atoms with Crippen molar-refractivity contribution in [2.75, 3.05) is 0 Å². The van der Waals surface area contributed by atoms with E-state index in [1.807, 2.05) is 31.6 Å². The minimum Gasteiger partial charge on any atom is -0.471 e. The Hall–Kier alpha value is -2.80. The summed E-state index contributed by atoms with van der Waals surface area (Å²) >= 11 is 5.87. The van der Waals surface area contributed by atoms with E-state index in [1.54, 1.807) is 36.5 Å². The maximum atomic E-state index is 12.7. The van der Waals surface area contributed by atoms with Crippen LogP contribution in [0.25, 0.3) is 0 Å². The second kappa shape index (κ2) is 8.26. The zero-order valence-corrected chi connectivity index (χ0v) is 16.3. The standard InChI is InChI=1S/C19H22ClN5O2/c1-4-24-11-17(14(3)23-24)13(2)22-19(26)18-9-10-21-25(18)12-27-16-7-5-15(20)6-8-16/h5-11,13H,4,12H2,1-3H3,(H,22,26). The molecule has 0 bridgehead atoms. The molecule has 0 aliphatic rings. The van der Waals surface area contributed by atoms with Gasteiger partial charge in [-0.3, -0.25) is 9.48 Å². The van der Waals surface area contributed by atoms with E-state index in [4.69, 9.17) is 16.3 Å². The number of nitrogens with zero attached hydrogens (tertiary/aromatic N) is 4. The smallest absolute Gasteiger partial charge is 0.270 e. The lowest BCUT2D eigenvalue weighted by atomic mass is 10.1. The number of ether oxygens (including phenoxy) is 1. The van der Waals surface area contributed by atoms with Crippen molar-refractivity contribution in [2.45, 2.75) is 40.1 Å². The number of rotatable bonds is 7. The van der Waals surface area contributed by atoms with Gasteiger partial charge < -0.3 is 10.1 Å². The van der Waals surface area contributed by atoms with Gasteiger partial charge in [0.15, 0.2) is 6.73 Å². The fourth-order valence-electron chi connectivity index (χ4n) is 2.76. The molecule has 1 N–H and O–H groups in total. The van der Waals surface area contributed by atoms with Crippen molar-refractivity contribution >= 4 is 17.5 Å². The van der Waals surface area contributed by atoms with Gasteiger partial charge in [0.05, 0.1) is 11.7 Å². The van der Waals surface area contributed by atoms with Crippen LogP contribution >= 0.6 is 11.6 Å². The third kappa shape index (κ3) is 4.49. The number of carbonyl (C=O) groups is 1. The van der Waals surface area contributed by atoms with Gasteiger partial charge in [-0.15, -0.1) is 0 Å². The molecule has 1 unspecified atom stereocenters. The number of aryl methyl sites for hydroxylation is 2. The summed E-state index contributed by atoms with van der Waals surface area (Å²) in [5.41, 5.74) is 2.33. The van der Waals surface area contributed by atoms with Gasteiger partial charge in [-0.25, -0.2) is 4.68 Å². The highest BCUT2D eigenvalue weighted by Crippen LogP contribution is 2.18. The van der Waals surface area contributed by atoms with E-state index in [0.717, 1.165) is 17.8 Å². The molecule has 27 heavy (non-hydrogen) atoms. The number of nitrogens with one attached hydrogen (secondary N) is 1. The summed E-state index contributed by atoms with van der Waals surface area (Å²) in [4.78, 5) is 12.7. The Kier molecular flexibility index (Phi) is 5.81. The van der Waals surface area contributed by atoms with Crippen LogP contribution in [-0.4, -0.2) is 25.5 Å². The average Bonchev–Trinajstić information content (AvgIpc) is 3.27. The highest BCUT2D eigenvalue weighted by atomic mass is 35.5. The van der Waals surface area contributed by atoms with Gasteiger partial charge in [-0.05, 0) is 51.1 Å². The molecule has 0 spiro atoms. The maximum Gasteiger partial charge on any atom is 0.270 e. The first-order valence-corrected chi connectivity index (χ1v) is 9.10. The molecule has 0 saturated carbocycles. The second-order valence-electron chi connectivity index (χ2n) is 6.16. The zero-order chi connectivity index (χ0) is 19.4. The van der Waals surface area contributed by atoms with Crippen molar-refractivity contribution in [3.63, 3.8) is 0 Å². The summed E-state index contributed by atoms with van der Waals surface area (Å²) in [6.45, 7) is 6.81. The molecule has 0 radical (unpaired) electrons. The molecule has 3 rings (SSSR count). The number of carbonyl (C=O) groups excluding carboxylic acids is 1. The Balaban J connectivity index is 1.66. The van der Waals surface area contributed by atoms with Crippen molar-refractivity contribution in [1.82, 2.24) is 24.9 Å². The fraction of sp³-hybridized carbons (Fsp3) is 0.316. The molecular formula is C19H22ClN5O2. The second-order valence-corrected chi connectivity index (χ2v) is 6.60. The zero-order valence-electron chi connectivity index (χ0n) is 15.5. The lowest BCUT2D eigenvalue weighted by Crippen LogP contribution is -2.29. The number of aromatic nitrogens is 4. The first-order valence-electron chi connectivity index (χ1n) is 8.73. The van der Waals surface area contributed by atoms with Gasteiger partial charge in [0.1, 0.15) is 11.4 Å². The lowest BCUT2D eigenvalue weighted by Gasteiger charge is -2.14. The van der Waals surface area contributed by atoms with Gasteiger partial charge in [-0.1, -0.05) is 11.6 Å². The van der Waals surface area contributed by atoms with E-state index in [-0.39, 0.29) is 18.7 Å². The molecule has 2 heterocycles. The van der Waals surface area contributed by atoms with Gasteiger partial charge in [0, 0.05) is 29.5 Å². The van der Waals surface area contributed by atoms with Crippen LogP contribution in [0, 0.1) is 6.92 Å². The highest BCUT2D eigenvalue weighted by molar-refractivity contribution is 6.30. The quantitative estimate of drug-likeness (QED) is 0.672. The average molecular weight is 388 g/mol. The normalized spacial score (nSPS) is 12.0. The predicted molar refractivity (Wildman–Crippen MR) is 103 cm³/mol. The van der Waals surface area contributed by atoms with Crippen LogP contribution in [0.3, 0.4) is 0 Å². The third-order valence-electron chi connectivity index (χ3n) is 4.24. The summed E-state index contributed by atoms with van der Waals surface area (Å²) in [6.07, 6.45) is 3.53. The summed E-state index contributed by atoms with van der Waals surface area (Å²) in [5.74, 6) is 0.431. The van der Waals surface area contributed by atoms with Crippen molar-refractivity contribution in [2.24, 2.45) is 0 Å². The van der Waals surface area contributed by atoms with Crippen LogP contribution in [0.2, 0.25) is 5.02 Å². The van der Waals surface area contributed by atoms with E-state index < -0.39 is 0 Å². The SMILES string of the molecule is CCn1cc(C(C)NC(=O)c2ccnn2COc2ccc(Cl)cc2)c(C)n1. The summed E-state index contributed by atoms with van der Waals surface area (Å²) in [7, 11) is 0. The summed E-state index contributed by atoms with van der Waals surface area (Å²) < 4.78 is 9.04. The van der Waals surface area contributed by atoms with Crippen LogP contribution in [0.15, 0.2) is 42.7 Å². The Labute approximate surface area is 162 Å². The minimum atomic E-state index is -0.219. The Morgan fingerprint density at radius 3 is 2.70 bits per heavy atom. The number of benzene rings is 1. The molecule has 1 amide bonds. The molecule has 0 saturated heterocycles. The van der Waals surface area contributed by atoms with Crippen molar-refractivity contribution in [1.29, 1.82) is 0 Å². The molecule has 7 nitrogen and oxygen atoms in total. The van der Waals surface area contributed by atoms with E-state index in [2.05, 4.69) is 15.5 Å². The molecule has 0 aliphatic heterocycles. The number of halogens is 1. The van der Waals surface area contributed by atoms with Crippen molar-refractivity contribution < 1.29 is 9.53 Å². The summed E-state index contributed by atoms with van der Waals surface area (Å²) in [5, 5.41) is 12.2. The van der Waals surface area contributed by atoms with Crippen LogP contribution in [-0.2, 0) is 13.3 Å². The number of hydrogen-bond acceptors (Lipinski definition) is 4. The molecular weight excluding hydrogens is 366 g/mol. The Morgan fingerprint density at radius 1 is 1.30 bits per heavy atom. The molecule has 142 valence electrons. The largest absolute Gasteiger partial charge is 0.471 e. The first kappa shape index (κ1) is 19.0. The van der Waals surface area contributed by atoms with Gasteiger partial charge in [0.25, 0.3) is 5.91 Å². The first-order chi connectivity index (χ1) is 13.0. The molecule has 2 aromatic heterocycles. The highest BCUT2D eigenvalue weighted by Gasteiger charge is 2.18. The van der Waals surface area contributed by atoms with Gasteiger partial charge in [-0.2, -0.15) is 10.2 Å². The van der Waals surface area contributed by atoms with E-state index in [1.165, 1.54) is 4.68 Å². The van der Waals surface area contributed by atoms with E-state index in [9.17, 15) is 4.79 Å². The van der Waals surface area contributed by atoms with Crippen molar-refractivity contribution in [3.05, 3.63) is 64.7 Å². The maximum absolute atomic E-state index is 12.7. The molecule has 3 aromatic rings.